The van der Waals surface area contributed by atoms with Crippen molar-refractivity contribution in [2.75, 3.05) is 6.54 Å². The van der Waals surface area contributed by atoms with Crippen LogP contribution in [-0.4, -0.2) is 6.54 Å². The van der Waals surface area contributed by atoms with Crippen LogP contribution in [0.25, 0.3) is 0 Å². The van der Waals surface area contributed by atoms with Gasteiger partial charge < -0.3 is 9.73 Å². The van der Waals surface area contributed by atoms with Gasteiger partial charge in [-0.05, 0) is 43.4 Å². The van der Waals surface area contributed by atoms with Gasteiger partial charge in [-0.3, -0.25) is 0 Å². The molecule has 120 valence electrons. The number of unbranched alkanes of at least 4 members (excludes halogenated alkanes) is 1. The molecule has 0 spiro atoms. The van der Waals surface area contributed by atoms with E-state index in [-0.39, 0.29) is 0 Å². The Labute approximate surface area is 130 Å². The van der Waals surface area contributed by atoms with Gasteiger partial charge in [0.15, 0.2) is 0 Å². The highest BCUT2D eigenvalue weighted by Crippen LogP contribution is 2.39. The average molecular weight is 291 g/mol. The molecular formula is C19H33NO. The van der Waals surface area contributed by atoms with Crippen molar-refractivity contribution in [3.8, 4) is 0 Å². The Bertz CT molecular complexity index is 390. The number of hydrogen-bond donors (Lipinski definition) is 1. The Morgan fingerprint density at radius 2 is 1.90 bits per heavy atom. The Kier molecular flexibility index (Phi) is 6.82. The fraction of sp³-hybridized carbons (Fsp3) is 0.789. The summed E-state index contributed by atoms with van der Waals surface area (Å²) in [7, 11) is 0. The highest BCUT2D eigenvalue weighted by molar-refractivity contribution is 5.12. The minimum Gasteiger partial charge on any atom is -0.464 e. The fourth-order valence-electron chi connectivity index (χ4n) is 3.77. The summed E-state index contributed by atoms with van der Waals surface area (Å²) in [6.45, 7) is 7.67. The molecule has 1 N–H and O–H groups in total. The van der Waals surface area contributed by atoms with E-state index in [4.69, 9.17) is 4.42 Å². The van der Waals surface area contributed by atoms with Gasteiger partial charge >= 0.3 is 0 Å². The van der Waals surface area contributed by atoms with E-state index in [2.05, 4.69) is 38.2 Å². The maximum absolute atomic E-state index is 6.03. The maximum atomic E-state index is 6.03. The molecule has 1 aliphatic carbocycles. The van der Waals surface area contributed by atoms with E-state index in [1.54, 1.807) is 0 Å². The van der Waals surface area contributed by atoms with Crippen molar-refractivity contribution in [2.45, 2.75) is 78.2 Å². The van der Waals surface area contributed by atoms with Gasteiger partial charge in [0, 0.05) is 6.42 Å². The van der Waals surface area contributed by atoms with Crippen LogP contribution in [0.3, 0.4) is 0 Å². The molecule has 1 aliphatic rings. The van der Waals surface area contributed by atoms with Crippen molar-refractivity contribution < 1.29 is 4.42 Å². The minimum absolute atomic E-state index is 0.419. The number of nitrogens with one attached hydrogen (secondary N) is 1. The van der Waals surface area contributed by atoms with Gasteiger partial charge in [0.2, 0.25) is 0 Å². The number of furan rings is 1. The van der Waals surface area contributed by atoms with E-state index in [9.17, 15) is 0 Å². The first kappa shape index (κ1) is 16.6. The van der Waals surface area contributed by atoms with Gasteiger partial charge in [-0.1, -0.05) is 52.9 Å². The molecule has 2 nitrogen and oxygen atoms in total. The quantitative estimate of drug-likeness (QED) is 0.685. The smallest absolute Gasteiger partial charge is 0.121 e. The van der Waals surface area contributed by atoms with E-state index in [1.807, 2.05) is 0 Å². The zero-order valence-corrected chi connectivity index (χ0v) is 14.2. The van der Waals surface area contributed by atoms with Crippen LogP contribution in [0.1, 0.15) is 83.3 Å². The second-order valence-electron chi connectivity index (χ2n) is 6.62. The van der Waals surface area contributed by atoms with Crippen molar-refractivity contribution in [1.29, 1.82) is 0 Å². The van der Waals surface area contributed by atoms with E-state index in [0.29, 0.717) is 6.04 Å². The summed E-state index contributed by atoms with van der Waals surface area (Å²) < 4.78 is 6.03. The lowest BCUT2D eigenvalue weighted by Gasteiger charge is -2.33. The first-order valence-corrected chi connectivity index (χ1v) is 9.10. The monoisotopic (exact) mass is 291 g/mol. The van der Waals surface area contributed by atoms with Crippen LogP contribution in [0.5, 0.6) is 0 Å². The Hall–Kier alpha value is -0.760. The van der Waals surface area contributed by atoms with Gasteiger partial charge in [0.1, 0.15) is 11.5 Å². The molecule has 1 aromatic rings. The molecule has 1 aromatic heterocycles. The molecule has 1 unspecified atom stereocenters. The number of rotatable bonds is 8. The van der Waals surface area contributed by atoms with Crippen LogP contribution < -0.4 is 5.32 Å². The van der Waals surface area contributed by atoms with E-state index >= 15 is 0 Å². The van der Waals surface area contributed by atoms with Crippen LogP contribution in [0.4, 0.5) is 0 Å². The SMILES string of the molecule is CCCCC1CCC(C(NCC)c2ccc(CC)o2)CC1. The highest BCUT2D eigenvalue weighted by atomic mass is 16.3. The van der Waals surface area contributed by atoms with Crippen molar-refractivity contribution in [1.82, 2.24) is 5.32 Å². The van der Waals surface area contributed by atoms with Crippen LogP contribution in [-0.2, 0) is 6.42 Å². The van der Waals surface area contributed by atoms with Crippen LogP contribution in [0.2, 0.25) is 0 Å². The topological polar surface area (TPSA) is 25.2 Å². The Morgan fingerprint density at radius 1 is 1.14 bits per heavy atom. The van der Waals surface area contributed by atoms with Crippen molar-refractivity contribution in [2.24, 2.45) is 11.8 Å². The maximum Gasteiger partial charge on any atom is 0.121 e. The summed E-state index contributed by atoms with van der Waals surface area (Å²) in [5.41, 5.74) is 0. The van der Waals surface area contributed by atoms with Gasteiger partial charge in [-0.15, -0.1) is 0 Å². The van der Waals surface area contributed by atoms with Crippen LogP contribution in [0.15, 0.2) is 16.5 Å². The van der Waals surface area contributed by atoms with E-state index in [1.165, 1.54) is 44.9 Å². The third-order valence-corrected chi connectivity index (χ3v) is 5.09. The molecule has 2 heteroatoms. The number of hydrogen-bond acceptors (Lipinski definition) is 2. The Morgan fingerprint density at radius 3 is 2.48 bits per heavy atom. The zero-order chi connectivity index (χ0) is 15.1. The normalized spacial score (nSPS) is 24.1. The average Bonchev–Trinajstić information content (AvgIpc) is 3.00. The van der Waals surface area contributed by atoms with Gasteiger partial charge in [0.05, 0.1) is 6.04 Å². The molecule has 0 aromatic carbocycles. The van der Waals surface area contributed by atoms with Gasteiger partial charge in [-0.25, -0.2) is 0 Å². The third kappa shape index (κ3) is 4.60. The predicted molar refractivity (Wildman–Crippen MR) is 89.5 cm³/mol. The second kappa shape index (κ2) is 8.63. The molecule has 0 bridgehead atoms. The molecule has 21 heavy (non-hydrogen) atoms. The number of aryl methyl sites for hydroxylation is 1. The minimum atomic E-state index is 0.419. The summed E-state index contributed by atoms with van der Waals surface area (Å²) in [5, 5.41) is 3.67. The molecule has 1 fully saturated rings. The summed E-state index contributed by atoms with van der Waals surface area (Å²) >= 11 is 0. The van der Waals surface area contributed by atoms with E-state index in [0.717, 1.165) is 36.3 Å². The summed E-state index contributed by atoms with van der Waals surface area (Å²) in [6.07, 6.45) is 10.7. The van der Waals surface area contributed by atoms with Gasteiger partial charge in [-0.2, -0.15) is 0 Å². The first-order valence-electron chi connectivity index (χ1n) is 9.10. The summed E-state index contributed by atoms with van der Waals surface area (Å²) in [5.74, 6) is 4.00. The predicted octanol–water partition coefficient (Wildman–Crippen LogP) is 5.49. The standard InChI is InChI=1S/C19H33NO/c1-4-7-8-15-9-11-16(12-10-15)19(20-6-3)18-14-13-17(5-2)21-18/h13-16,19-20H,4-12H2,1-3H3. The molecule has 0 radical (unpaired) electrons. The largest absolute Gasteiger partial charge is 0.464 e. The lowest BCUT2D eigenvalue weighted by molar-refractivity contribution is 0.198. The molecule has 0 amide bonds. The fourth-order valence-corrected chi connectivity index (χ4v) is 3.77. The van der Waals surface area contributed by atoms with Crippen molar-refractivity contribution in [3.05, 3.63) is 23.7 Å². The van der Waals surface area contributed by atoms with Crippen LogP contribution >= 0.6 is 0 Å². The van der Waals surface area contributed by atoms with Crippen molar-refractivity contribution >= 4 is 0 Å². The van der Waals surface area contributed by atoms with Crippen molar-refractivity contribution in [3.63, 3.8) is 0 Å². The molecule has 0 aliphatic heterocycles. The molecule has 1 heterocycles. The lowest BCUT2D eigenvalue weighted by Crippen LogP contribution is -2.30. The zero-order valence-electron chi connectivity index (χ0n) is 14.2. The molecule has 0 saturated heterocycles. The summed E-state index contributed by atoms with van der Waals surface area (Å²) in [6, 6.07) is 4.75. The molecule has 2 rings (SSSR count). The summed E-state index contributed by atoms with van der Waals surface area (Å²) in [4.78, 5) is 0. The Balaban J connectivity index is 1.93. The van der Waals surface area contributed by atoms with E-state index < -0.39 is 0 Å². The third-order valence-electron chi connectivity index (χ3n) is 5.09. The lowest BCUT2D eigenvalue weighted by atomic mass is 9.76. The second-order valence-corrected chi connectivity index (χ2v) is 6.62. The molecule has 1 saturated carbocycles. The molecule has 1 atom stereocenters. The first-order chi connectivity index (χ1) is 10.3. The van der Waals surface area contributed by atoms with Crippen LogP contribution in [0, 0.1) is 11.8 Å². The highest BCUT2D eigenvalue weighted by Gasteiger charge is 2.29. The molecular weight excluding hydrogens is 258 g/mol. The van der Waals surface area contributed by atoms with Gasteiger partial charge in [0.25, 0.3) is 0 Å².